The lowest BCUT2D eigenvalue weighted by molar-refractivity contribution is -0.199. The number of aromatic amines is 1. The Morgan fingerprint density at radius 2 is 2.00 bits per heavy atom. The molecule has 1 aromatic carbocycles. The molecule has 1 saturated carbocycles. The Morgan fingerprint density at radius 3 is 2.62 bits per heavy atom. The molecule has 2 heterocycles. The quantitative estimate of drug-likeness (QED) is 0.537. The summed E-state index contributed by atoms with van der Waals surface area (Å²) in [6.07, 6.45) is -2.27. The van der Waals surface area contributed by atoms with E-state index in [1.165, 1.54) is 7.11 Å². The van der Waals surface area contributed by atoms with Gasteiger partial charge in [-0.25, -0.2) is 9.78 Å². The van der Waals surface area contributed by atoms with Gasteiger partial charge in [0, 0.05) is 6.07 Å². The van der Waals surface area contributed by atoms with Gasteiger partial charge in [0.25, 0.3) is 0 Å². The molecule has 0 amide bonds. The van der Waals surface area contributed by atoms with Crippen molar-refractivity contribution in [3.8, 4) is 22.9 Å². The third-order valence-electron chi connectivity index (χ3n) is 5.79. The maximum Gasteiger partial charge on any atom is 0.439 e. The fraction of sp³-hybridized carbons (Fsp3) is 0.476. The number of halogens is 3. The van der Waals surface area contributed by atoms with E-state index in [0.717, 1.165) is 17.8 Å². The Balaban J connectivity index is 1.55. The molecule has 1 aliphatic rings. The molecule has 2 aromatic heterocycles. The maximum atomic E-state index is 14.0. The van der Waals surface area contributed by atoms with Crippen molar-refractivity contribution < 1.29 is 27.2 Å². The lowest BCUT2D eigenvalue weighted by Crippen LogP contribution is -2.43. The highest BCUT2D eigenvalue weighted by Crippen LogP contribution is 2.52. The molecular weight excluding hydrogens is 447 g/mol. The number of methoxy groups -OCH3 is 1. The van der Waals surface area contributed by atoms with Crippen LogP contribution in [0.5, 0.6) is 11.5 Å². The monoisotopic (exact) mass is 469 g/mol. The van der Waals surface area contributed by atoms with Crippen molar-refractivity contribution >= 4 is 11.3 Å². The molecule has 4 rings (SSSR count). The molecule has 0 spiro atoms. The van der Waals surface area contributed by atoms with Gasteiger partial charge >= 0.3 is 11.9 Å². The molecule has 0 unspecified atom stereocenters. The minimum atomic E-state index is -4.33. The first-order chi connectivity index (χ1) is 15.2. The van der Waals surface area contributed by atoms with Gasteiger partial charge in [-0.1, -0.05) is 24.4 Å². The van der Waals surface area contributed by atoms with Gasteiger partial charge in [0.15, 0.2) is 5.82 Å². The predicted molar refractivity (Wildman–Crippen MR) is 111 cm³/mol. The second-order valence-electron chi connectivity index (χ2n) is 7.76. The maximum absolute atomic E-state index is 14.0. The predicted octanol–water partition coefficient (Wildman–Crippen LogP) is 5.15. The normalized spacial score (nSPS) is 16.2. The van der Waals surface area contributed by atoms with E-state index in [-0.39, 0.29) is 30.3 Å². The molecule has 1 N–H and O–H groups in total. The van der Waals surface area contributed by atoms with Gasteiger partial charge in [0.1, 0.15) is 28.5 Å². The summed E-state index contributed by atoms with van der Waals surface area (Å²) in [4.78, 5) is 18.6. The Morgan fingerprint density at radius 1 is 1.25 bits per heavy atom. The highest BCUT2D eigenvalue weighted by Gasteiger charge is 2.57. The second kappa shape index (κ2) is 8.61. The number of hydrogen-bond donors (Lipinski definition) is 1. The number of ether oxygens (including phenoxy) is 2. The molecule has 32 heavy (non-hydrogen) atoms. The van der Waals surface area contributed by atoms with Crippen LogP contribution in [-0.2, 0) is 12.0 Å². The average molecular weight is 469 g/mol. The summed E-state index contributed by atoms with van der Waals surface area (Å²) >= 11 is 1.07. The van der Waals surface area contributed by atoms with Gasteiger partial charge in [-0.05, 0) is 31.9 Å². The van der Waals surface area contributed by atoms with Crippen molar-refractivity contribution in [1.82, 2.24) is 15.1 Å². The first-order valence-corrected chi connectivity index (χ1v) is 11.0. The van der Waals surface area contributed by atoms with Crippen LogP contribution in [0.15, 0.2) is 27.5 Å². The summed E-state index contributed by atoms with van der Waals surface area (Å²) in [5, 5.41) is 3.77. The number of nitrogens with one attached hydrogen (secondary N) is 1. The number of benzene rings is 1. The molecule has 0 radical (unpaired) electrons. The molecule has 0 bridgehead atoms. The van der Waals surface area contributed by atoms with Crippen LogP contribution in [0.2, 0.25) is 0 Å². The molecule has 0 aliphatic heterocycles. The Hall–Kier alpha value is -2.82. The standard InChI is InChI=1S/C21H22F3N3O4S/c1-12-16(32-18(25-12)20(21(22,23)24)8-4-3-5-9-20)11-30-13-6-7-14(15(10-13)29-2)17-26-19(28)31-27-17/h6-7,10H,3-5,8-9,11H2,1-2H3,(H,26,27,28). The van der Waals surface area contributed by atoms with E-state index in [2.05, 4.69) is 19.6 Å². The highest BCUT2D eigenvalue weighted by atomic mass is 32.1. The van der Waals surface area contributed by atoms with E-state index in [9.17, 15) is 18.0 Å². The Bertz CT molecular complexity index is 1150. The number of rotatable bonds is 6. The van der Waals surface area contributed by atoms with E-state index < -0.39 is 17.3 Å². The van der Waals surface area contributed by atoms with Crippen molar-refractivity contribution in [2.24, 2.45) is 0 Å². The highest BCUT2D eigenvalue weighted by molar-refractivity contribution is 7.11. The average Bonchev–Trinajstić information content (AvgIpc) is 3.37. The van der Waals surface area contributed by atoms with Crippen LogP contribution in [0.4, 0.5) is 13.2 Å². The van der Waals surface area contributed by atoms with Crippen LogP contribution in [-0.4, -0.2) is 28.4 Å². The van der Waals surface area contributed by atoms with Gasteiger partial charge in [-0.2, -0.15) is 13.2 Å². The van der Waals surface area contributed by atoms with Gasteiger partial charge in [-0.15, -0.1) is 11.3 Å². The number of aromatic nitrogens is 3. The summed E-state index contributed by atoms with van der Waals surface area (Å²) in [5.41, 5.74) is -0.812. The fourth-order valence-corrected chi connectivity index (χ4v) is 5.23. The van der Waals surface area contributed by atoms with Crippen LogP contribution in [0.3, 0.4) is 0 Å². The third-order valence-corrected chi connectivity index (χ3v) is 7.13. The minimum absolute atomic E-state index is 0.0759. The van der Waals surface area contributed by atoms with Crippen molar-refractivity contribution in [2.45, 2.75) is 57.2 Å². The van der Waals surface area contributed by atoms with Crippen LogP contribution in [0.1, 0.15) is 47.7 Å². The van der Waals surface area contributed by atoms with E-state index in [1.54, 1.807) is 25.1 Å². The topological polar surface area (TPSA) is 90.2 Å². The zero-order valence-electron chi connectivity index (χ0n) is 17.5. The van der Waals surface area contributed by atoms with Crippen molar-refractivity contribution in [3.05, 3.63) is 44.3 Å². The van der Waals surface area contributed by atoms with E-state index in [0.29, 0.717) is 40.5 Å². The number of alkyl halides is 3. The molecule has 1 fully saturated rings. The molecule has 172 valence electrons. The molecule has 11 heteroatoms. The van der Waals surface area contributed by atoms with Crippen LogP contribution >= 0.6 is 11.3 Å². The Kier molecular flexibility index (Phi) is 6.02. The molecular formula is C21H22F3N3O4S. The number of hydrogen-bond acceptors (Lipinski definition) is 7. The van der Waals surface area contributed by atoms with E-state index in [1.807, 2.05) is 0 Å². The van der Waals surface area contributed by atoms with Crippen LogP contribution < -0.4 is 15.2 Å². The molecule has 0 saturated heterocycles. The van der Waals surface area contributed by atoms with Gasteiger partial charge in [-0.3, -0.25) is 9.51 Å². The summed E-state index contributed by atoms with van der Waals surface area (Å²) < 4.78 is 57.8. The summed E-state index contributed by atoms with van der Waals surface area (Å²) in [5.74, 6) is 0.376. The molecule has 0 atom stereocenters. The van der Waals surface area contributed by atoms with Gasteiger partial charge in [0.05, 0.1) is 23.2 Å². The number of thiazole rings is 1. The van der Waals surface area contributed by atoms with Crippen LogP contribution in [0.25, 0.3) is 11.4 Å². The smallest absolute Gasteiger partial charge is 0.439 e. The van der Waals surface area contributed by atoms with Gasteiger partial charge < -0.3 is 9.47 Å². The van der Waals surface area contributed by atoms with Crippen molar-refractivity contribution in [3.63, 3.8) is 0 Å². The van der Waals surface area contributed by atoms with Crippen molar-refractivity contribution in [2.75, 3.05) is 7.11 Å². The summed E-state index contributed by atoms with van der Waals surface area (Å²) in [6.45, 7) is 1.79. The van der Waals surface area contributed by atoms with Crippen molar-refractivity contribution in [1.29, 1.82) is 0 Å². The Labute approximate surface area is 185 Å². The zero-order chi connectivity index (χ0) is 22.9. The van der Waals surface area contributed by atoms with E-state index >= 15 is 0 Å². The van der Waals surface area contributed by atoms with E-state index in [4.69, 9.17) is 9.47 Å². The molecule has 3 aromatic rings. The summed E-state index contributed by atoms with van der Waals surface area (Å²) in [6, 6.07) is 4.91. The molecule has 7 nitrogen and oxygen atoms in total. The first-order valence-electron chi connectivity index (χ1n) is 10.1. The SMILES string of the molecule is COc1cc(OCc2sc(C3(C(F)(F)F)CCCCC3)nc2C)ccc1-c1noc(=O)[nH]1. The lowest BCUT2D eigenvalue weighted by Gasteiger charge is -2.37. The first kappa shape index (κ1) is 22.4. The second-order valence-corrected chi connectivity index (χ2v) is 8.85. The number of nitrogens with zero attached hydrogens (tertiary/aromatic N) is 2. The number of H-pyrrole nitrogens is 1. The van der Waals surface area contributed by atoms with Gasteiger partial charge in [0.2, 0.25) is 0 Å². The fourth-order valence-electron chi connectivity index (χ4n) is 3.99. The molecule has 1 aliphatic carbocycles. The zero-order valence-corrected chi connectivity index (χ0v) is 18.4. The van der Waals surface area contributed by atoms with Crippen LogP contribution in [0, 0.1) is 6.92 Å². The lowest BCUT2D eigenvalue weighted by atomic mass is 9.74. The largest absolute Gasteiger partial charge is 0.496 e. The minimum Gasteiger partial charge on any atom is -0.496 e. The summed E-state index contributed by atoms with van der Waals surface area (Å²) in [7, 11) is 1.46. The third kappa shape index (κ3) is 4.13. The number of aryl methyl sites for hydroxylation is 1.